The molecule has 4 nitrogen and oxygen atoms in total. The highest BCUT2D eigenvalue weighted by molar-refractivity contribution is 5.81. The maximum atomic E-state index is 10.7. The second-order valence-electron chi connectivity index (χ2n) is 5.68. The van der Waals surface area contributed by atoms with Crippen LogP contribution in [-0.2, 0) is 18.2 Å². The summed E-state index contributed by atoms with van der Waals surface area (Å²) in [6, 6.07) is 8.15. The number of rotatable bonds is 3. The van der Waals surface area contributed by atoms with Gasteiger partial charge in [-0.25, -0.2) is 0 Å². The van der Waals surface area contributed by atoms with Gasteiger partial charge in [-0.15, -0.1) is 0 Å². The summed E-state index contributed by atoms with van der Waals surface area (Å²) in [5, 5.41) is 16.4. The summed E-state index contributed by atoms with van der Waals surface area (Å²) in [5.41, 5.74) is 1.32. The summed E-state index contributed by atoms with van der Waals surface area (Å²) in [4.78, 5) is 0. The largest absolute Gasteiger partial charge is 0.389 e. The van der Waals surface area contributed by atoms with Crippen LogP contribution in [0.3, 0.4) is 0 Å². The quantitative estimate of drug-likeness (QED) is 0.917. The van der Waals surface area contributed by atoms with Crippen LogP contribution in [0.2, 0.25) is 0 Å². The van der Waals surface area contributed by atoms with Crippen molar-refractivity contribution in [2.24, 2.45) is 13.0 Å². The zero-order valence-corrected chi connectivity index (χ0v) is 11.5. The third kappa shape index (κ3) is 2.26. The number of hydrogen-bond acceptors (Lipinski definition) is 3. The molecule has 1 aromatic heterocycles. The smallest absolute Gasteiger partial charge is 0.0731 e. The van der Waals surface area contributed by atoms with Crippen molar-refractivity contribution in [1.29, 1.82) is 0 Å². The first kappa shape index (κ1) is 12.6. The van der Waals surface area contributed by atoms with E-state index in [0.717, 1.165) is 29.6 Å². The fraction of sp³-hybridized carbons (Fsp3) is 0.533. The van der Waals surface area contributed by atoms with E-state index in [0.29, 0.717) is 13.0 Å². The molecule has 0 amide bonds. The highest BCUT2D eigenvalue weighted by Gasteiger charge is 2.36. The van der Waals surface area contributed by atoms with Crippen molar-refractivity contribution in [2.75, 3.05) is 13.2 Å². The molecule has 1 aromatic carbocycles. The Balaban J connectivity index is 1.92. The predicted molar refractivity (Wildman–Crippen MR) is 74.0 cm³/mol. The Kier molecular flexibility index (Phi) is 3.07. The third-order valence-electron chi connectivity index (χ3n) is 4.17. The minimum Gasteiger partial charge on any atom is -0.389 e. The molecule has 1 aliphatic rings. The Morgan fingerprint density at radius 2 is 2.26 bits per heavy atom. The van der Waals surface area contributed by atoms with Gasteiger partial charge in [-0.1, -0.05) is 18.2 Å². The topological polar surface area (TPSA) is 47.3 Å². The number of para-hydroxylation sites is 1. The van der Waals surface area contributed by atoms with Gasteiger partial charge < -0.3 is 9.84 Å². The zero-order chi connectivity index (χ0) is 13.5. The van der Waals surface area contributed by atoms with Crippen molar-refractivity contribution in [3.05, 3.63) is 30.0 Å². The fourth-order valence-corrected chi connectivity index (χ4v) is 2.93. The second-order valence-corrected chi connectivity index (χ2v) is 5.68. The van der Waals surface area contributed by atoms with Crippen molar-refractivity contribution >= 4 is 10.9 Å². The fourth-order valence-electron chi connectivity index (χ4n) is 2.93. The summed E-state index contributed by atoms with van der Waals surface area (Å²) in [7, 11) is 1.94. The Morgan fingerprint density at radius 1 is 1.47 bits per heavy atom. The van der Waals surface area contributed by atoms with Crippen LogP contribution in [0.1, 0.15) is 19.0 Å². The monoisotopic (exact) mass is 260 g/mol. The highest BCUT2D eigenvalue weighted by atomic mass is 16.5. The van der Waals surface area contributed by atoms with Gasteiger partial charge in [-0.05, 0) is 19.4 Å². The maximum Gasteiger partial charge on any atom is 0.0731 e. The Labute approximate surface area is 113 Å². The number of hydrogen-bond donors (Lipinski definition) is 1. The van der Waals surface area contributed by atoms with Gasteiger partial charge >= 0.3 is 0 Å². The van der Waals surface area contributed by atoms with E-state index in [1.54, 1.807) is 0 Å². The van der Waals surface area contributed by atoms with Crippen molar-refractivity contribution in [2.45, 2.75) is 25.4 Å². The van der Waals surface area contributed by atoms with E-state index >= 15 is 0 Å². The average molecular weight is 260 g/mol. The van der Waals surface area contributed by atoms with Crippen LogP contribution in [0.5, 0.6) is 0 Å². The minimum absolute atomic E-state index is 0.202. The molecule has 19 heavy (non-hydrogen) atoms. The molecular formula is C15H20N2O2. The molecule has 2 heterocycles. The predicted octanol–water partition coefficient (Wildman–Crippen LogP) is 1.90. The number of fused-ring (bicyclic) bond motifs is 1. The van der Waals surface area contributed by atoms with E-state index in [-0.39, 0.29) is 5.92 Å². The first-order chi connectivity index (χ1) is 9.08. The van der Waals surface area contributed by atoms with Crippen LogP contribution in [0.4, 0.5) is 0 Å². The molecule has 1 fully saturated rings. The lowest BCUT2D eigenvalue weighted by Crippen LogP contribution is -2.37. The van der Waals surface area contributed by atoms with Gasteiger partial charge in [0.2, 0.25) is 0 Å². The Morgan fingerprint density at radius 3 is 3.00 bits per heavy atom. The van der Waals surface area contributed by atoms with Crippen LogP contribution in [0, 0.1) is 5.92 Å². The number of nitrogens with zero attached hydrogens (tertiary/aromatic N) is 2. The number of aryl methyl sites for hydroxylation is 1. The van der Waals surface area contributed by atoms with Gasteiger partial charge in [-0.2, -0.15) is 5.10 Å². The molecule has 0 spiro atoms. The third-order valence-corrected chi connectivity index (χ3v) is 4.17. The maximum absolute atomic E-state index is 10.7. The first-order valence-electron chi connectivity index (χ1n) is 6.79. The molecule has 102 valence electrons. The highest BCUT2D eigenvalue weighted by Crippen LogP contribution is 2.30. The lowest BCUT2D eigenvalue weighted by Gasteiger charge is -2.28. The molecule has 0 bridgehead atoms. The molecule has 0 saturated carbocycles. The standard InChI is InChI=1S/C15H20N2O2/c1-15(18,11-7-8-19-10-11)9-13-12-5-3-4-6-14(12)17(2)16-13/h3-6,11,18H,7-10H2,1-2H3. The molecular weight excluding hydrogens is 240 g/mol. The van der Waals surface area contributed by atoms with Crippen LogP contribution < -0.4 is 0 Å². The molecule has 1 aliphatic heterocycles. The lowest BCUT2D eigenvalue weighted by atomic mass is 9.84. The number of ether oxygens (including phenoxy) is 1. The van der Waals surface area contributed by atoms with Crippen molar-refractivity contribution in [3.8, 4) is 0 Å². The van der Waals surface area contributed by atoms with Gasteiger partial charge in [-0.3, -0.25) is 4.68 Å². The van der Waals surface area contributed by atoms with E-state index in [2.05, 4.69) is 17.2 Å². The van der Waals surface area contributed by atoms with Crippen LogP contribution in [0.15, 0.2) is 24.3 Å². The summed E-state index contributed by atoms with van der Waals surface area (Å²) in [6.45, 7) is 3.30. The summed E-state index contributed by atoms with van der Waals surface area (Å²) in [6.07, 6.45) is 1.50. The van der Waals surface area contributed by atoms with Gasteiger partial charge in [0.15, 0.2) is 0 Å². The van der Waals surface area contributed by atoms with Crippen molar-refractivity contribution < 1.29 is 9.84 Å². The molecule has 1 saturated heterocycles. The first-order valence-corrected chi connectivity index (χ1v) is 6.79. The molecule has 2 atom stereocenters. The molecule has 0 radical (unpaired) electrons. The zero-order valence-electron chi connectivity index (χ0n) is 11.5. The normalized spacial score (nSPS) is 22.8. The number of aliphatic hydroxyl groups is 1. The lowest BCUT2D eigenvalue weighted by molar-refractivity contribution is -0.00514. The Bertz CT molecular complexity index is 583. The van der Waals surface area contributed by atoms with Gasteiger partial charge in [0.25, 0.3) is 0 Å². The van der Waals surface area contributed by atoms with Gasteiger partial charge in [0.1, 0.15) is 0 Å². The minimum atomic E-state index is -0.756. The van der Waals surface area contributed by atoms with Crippen molar-refractivity contribution in [3.63, 3.8) is 0 Å². The molecule has 0 aliphatic carbocycles. The number of benzene rings is 1. The molecule has 1 N–H and O–H groups in total. The molecule has 3 rings (SSSR count). The van der Waals surface area contributed by atoms with E-state index in [1.807, 2.05) is 30.8 Å². The van der Waals surface area contributed by atoms with Crippen LogP contribution in [0.25, 0.3) is 10.9 Å². The van der Waals surface area contributed by atoms with E-state index < -0.39 is 5.60 Å². The average Bonchev–Trinajstić information content (AvgIpc) is 3.00. The molecule has 2 aromatic rings. The number of aromatic nitrogens is 2. The summed E-state index contributed by atoms with van der Waals surface area (Å²) < 4.78 is 7.27. The van der Waals surface area contributed by atoms with Gasteiger partial charge in [0, 0.05) is 31.4 Å². The SMILES string of the molecule is Cn1nc(CC(C)(O)C2CCOC2)c2ccccc21. The van der Waals surface area contributed by atoms with E-state index in [4.69, 9.17) is 4.74 Å². The Hall–Kier alpha value is -1.39. The van der Waals surface area contributed by atoms with E-state index in [9.17, 15) is 5.11 Å². The summed E-state index contributed by atoms with van der Waals surface area (Å²) >= 11 is 0. The van der Waals surface area contributed by atoms with Crippen LogP contribution >= 0.6 is 0 Å². The van der Waals surface area contributed by atoms with Crippen LogP contribution in [-0.4, -0.2) is 33.7 Å². The van der Waals surface area contributed by atoms with Gasteiger partial charge in [0.05, 0.1) is 23.4 Å². The van der Waals surface area contributed by atoms with E-state index in [1.165, 1.54) is 0 Å². The molecule has 4 heteroatoms. The summed E-state index contributed by atoms with van der Waals surface area (Å²) in [5.74, 6) is 0.202. The second kappa shape index (κ2) is 4.62. The van der Waals surface area contributed by atoms with Crippen molar-refractivity contribution in [1.82, 2.24) is 9.78 Å². The molecule has 2 unspecified atom stereocenters.